The molecule has 1 aliphatic carbocycles. The molecule has 2 fully saturated rings. The fourth-order valence-electron chi connectivity index (χ4n) is 3.22. The summed E-state index contributed by atoms with van der Waals surface area (Å²) in [5.41, 5.74) is -0.502. The summed E-state index contributed by atoms with van der Waals surface area (Å²) in [5, 5.41) is 3.68. The first-order valence-corrected chi connectivity index (χ1v) is 9.55. The Morgan fingerprint density at radius 3 is 2.37 bits per heavy atom. The second-order valence-electron chi connectivity index (χ2n) is 7.96. The molecule has 27 heavy (non-hydrogen) atoms. The van der Waals surface area contributed by atoms with Gasteiger partial charge < -0.3 is 23.8 Å². The molecule has 0 radical (unpaired) electrons. The Morgan fingerprint density at radius 1 is 1.19 bits per heavy atom. The number of ether oxygens (including phenoxy) is 2. The normalized spacial score (nSPS) is 18.3. The minimum atomic E-state index is -0.591. The van der Waals surface area contributed by atoms with Crippen molar-refractivity contribution >= 4 is 18.1 Å². The topological polar surface area (TPSA) is 98.0 Å². The van der Waals surface area contributed by atoms with E-state index in [4.69, 9.17) is 14.0 Å². The molecule has 0 aromatic carbocycles. The third-order valence-electron chi connectivity index (χ3n) is 4.55. The van der Waals surface area contributed by atoms with Crippen LogP contribution in [0.25, 0.3) is 0 Å². The first-order chi connectivity index (χ1) is 12.8. The molecule has 0 spiro atoms. The molecule has 0 N–H and O–H groups in total. The molecule has 150 valence electrons. The molecule has 1 aromatic heterocycles. The van der Waals surface area contributed by atoms with Gasteiger partial charge in [0.15, 0.2) is 0 Å². The standard InChI is InChI=1S/C18H28N4O5/c1-5-25-15(23)14-19-16(27-20-14)21-10-8-13(9-11-21)22(12-6-7-12)17(24)26-18(2,3)4/h12-13H,5-11H2,1-4H3. The average Bonchev–Trinajstić information content (AvgIpc) is 3.29. The summed E-state index contributed by atoms with van der Waals surface area (Å²) in [5.74, 6) is -0.658. The lowest BCUT2D eigenvalue weighted by Gasteiger charge is -2.38. The van der Waals surface area contributed by atoms with E-state index in [-0.39, 0.29) is 30.6 Å². The summed E-state index contributed by atoms with van der Waals surface area (Å²) < 4.78 is 15.7. The molecule has 1 aromatic rings. The van der Waals surface area contributed by atoms with Crippen LogP contribution in [0.4, 0.5) is 10.8 Å². The minimum absolute atomic E-state index is 0.0673. The molecule has 1 aliphatic heterocycles. The highest BCUT2D eigenvalue weighted by atomic mass is 16.6. The molecule has 9 heteroatoms. The van der Waals surface area contributed by atoms with Gasteiger partial charge in [-0.2, -0.15) is 4.98 Å². The second-order valence-corrected chi connectivity index (χ2v) is 7.96. The van der Waals surface area contributed by atoms with E-state index in [1.165, 1.54) is 0 Å². The van der Waals surface area contributed by atoms with E-state index in [1.54, 1.807) is 6.92 Å². The van der Waals surface area contributed by atoms with Gasteiger partial charge in [-0.15, -0.1) is 0 Å². The van der Waals surface area contributed by atoms with Gasteiger partial charge in [0.1, 0.15) is 5.60 Å². The summed E-state index contributed by atoms with van der Waals surface area (Å²) in [6.07, 6.45) is 3.41. The van der Waals surface area contributed by atoms with Crippen molar-refractivity contribution in [3.8, 4) is 0 Å². The van der Waals surface area contributed by atoms with Gasteiger partial charge in [-0.25, -0.2) is 9.59 Å². The number of rotatable bonds is 5. The largest absolute Gasteiger partial charge is 0.460 e. The first kappa shape index (κ1) is 19.4. The third-order valence-corrected chi connectivity index (χ3v) is 4.55. The maximum Gasteiger partial charge on any atom is 0.410 e. The fraction of sp³-hybridized carbons (Fsp3) is 0.778. The molecule has 2 aliphatic rings. The highest BCUT2D eigenvalue weighted by Gasteiger charge is 2.41. The number of carbonyl (C=O) groups excluding carboxylic acids is 2. The Hall–Kier alpha value is -2.32. The number of hydrogen-bond acceptors (Lipinski definition) is 8. The van der Waals surface area contributed by atoms with E-state index >= 15 is 0 Å². The molecule has 1 amide bonds. The molecular formula is C18H28N4O5. The predicted octanol–water partition coefficient (Wildman–Crippen LogP) is 2.61. The molecule has 0 unspecified atom stereocenters. The van der Waals surface area contributed by atoms with E-state index in [0.717, 1.165) is 25.7 Å². The van der Waals surface area contributed by atoms with Gasteiger partial charge in [0.25, 0.3) is 5.82 Å². The smallest absolute Gasteiger partial charge is 0.410 e. The van der Waals surface area contributed by atoms with Crippen LogP contribution >= 0.6 is 0 Å². The van der Waals surface area contributed by atoms with Crippen LogP contribution < -0.4 is 4.90 Å². The van der Waals surface area contributed by atoms with Gasteiger partial charge in [-0.3, -0.25) is 0 Å². The van der Waals surface area contributed by atoms with E-state index in [1.807, 2.05) is 30.6 Å². The molecule has 1 saturated heterocycles. The van der Waals surface area contributed by atoms with E-state index in [0.29, 0.717) is 19.1 Å². The number of aromatic nitrogens is 2. The Kier molecular flexibility index (Phi) is 5.57. The van der Waals surface area contributed by atoms with Crippen LogP contribution in [0.1, 0.15) is 64.0 Å². The van der Waals surface area contributed by atoms with Gasteiger partial charge in [0.05, 0.1) is 6.61 Å². The van der Waals surface area contributed by atoms with Crippen LogP contribution in [-0.4, -0.2) is 64.5 Å². The highest BCUT2D eigenvalue weighted by molar-refractivity contribution is 5.85. The van der Waals surface area contributed by atoms with Crippen molar-refractivity contribution in [1.82, 2.24) is 15.0 Å². The number of hydrogen-bond donors (Lipinski definition) is 0. The first-order valence-electron chi connectivity index (χ1n) is 9.55. The third kappa shape index (κ3) is 4.90. The second kappa shape index (κ2) is 7.74. The molecule has 3 rings (SSSR count). The van der Waals surface area contributed by atoms with Gasteiger partial charge >= 0.3 is 18.1 Å². The zero-order valence-corrected chi connectivity index (χ0v) is 16.4. The Morgan fingerprint density at radius 2 is 1.81 bits per heavy atom. The Bertz CT molecular complexity index is 672. The number of nitrogens with zero attached hydrogens (tertiary/aromatic N) is 4. The van der Waals surface area contributed by atoms with Gasteiger partial charge in [-0.1, -0.05) is 0 Å². The quantitative estimate of drug-likeness (QED) is 0.719. The summed E-state index contributed by atoms with van der Waals surface area (Å²) in [6, 6.07) is 0.734. The van der Waals surface area contributed by atoms with Crippen molar-refractivity contribution in [1.29, 1.82) is 0 Å². The number of carbonyl (C=O) groups is 2. The molecule has 0 atom stereocenters. The number of anilines is 1. The number of esters is 1. The fourth-order valence-corrected chi connectivity index (χ4v) is 3.22. The van der Waals surface area contributed by atoms with Crippen LogP contribution in [0.2, 0.25) is 0 Å². The van der Waals surface area contributed by atoms with Crippen molar-refractivity contribution in [2.75, 3.05) is 24.6 Å². The van der Waals surface area contributed by atoms with Crippen LogP contribution in [-0.2, 0) is 9.47 Å². The monoisotopic (exact) mass is 380 g/mol. The molecule has 0 bridgehead atoms. The lowest BCUT2D eigenvalue weighted by atomic mass is 10.0. The summed E-state index contributed by atoms with van der Waals surface area (Å²) in [4.78, 5) is 32.3. The van der Waals surface area contributed by atoms with Gasteiger partial charge in [0, 0.05) is 25.2 Å². The van der Waals surface area contributed by atoms with Gasteiger partial charge in [-0.05, 0) is 58.5 Å². The van der Waals surface area contributed by atoms with E-state index in [2.05, 4.69) is 10.1 Å². The van der Waals surface area contributed by atoms with Crippen molar-refractivity contribution < 1.29 is 23.6 Å². The van der Waals surface area contributed by atoms with Crippen molar-refractivity contribution in [3.05, 3.63) is 5.82 Å². The lowest BCUT2D eigenvalue weighted by Crippen LogP contribution is -2.50. The molecule has 1 saturated carbocycles. The zero-order chi connectivity index (χ0) is 19.6. The summed E-state index contributed by atoms with van der Waals surface area (Å²) >= 11 is 0. The highest BCUT2D eigenvalue weighted by Crippen LogP contribution is 2.33. The van der Waals surface area contributed by atoms with Crippen LogP contribution in [0, 0.1) is 0 Å². The SMILES string of the molecule is CCOC(=O)c1noc(N2CCC(N(C(=O)OC(C)(C)C)C3CC3)CC2)n1. The lowest BCUT2D eigenvalue weighted by molar-refractivity contribution is 0.0112. The molecular weight excluding hydrogens is 352 g/mol. The maximum absolute atomic E-state index is 12.6. The van der Waals surface area contributed by atoms with Crippen LogP contribution in [0.3, 0.4) is 0 Å². The zero-order valence-electron chi connectivity index (χ0n) is 16.4. The number of amides is 1. The van der Waals surface area contributed by atoms with Gasteiger partial charge in [0.2, 0.25) is 0 Å². The summed E-state index contributed by atoms with van der Waals surface area (Å²) in [6.45, 7) is 8.97. The van der Waals surface area contributed by atoms with Crippen molar-refractivity contribution in [2.24, 2.45) is 0 Å². The Labute approximate surface area is 159 Å². The number of piperidine rings is 1. The molecule has 9 nitrogen and oxygen atoms in total. The average molecular weight is 380 g/mol. The van der Waals surface area contributed by atoms with Crippen molar-refractivity contribution in [3.63, 3.8) is 0 Å². The van der Waals surface area contributed by atoms with E-state index < -0.39 is 11.6 Å². The maximum atomic E-state index is 12.6. The van der Waals surface area contributed by atoms with Crippen molar-refractivity contribution in [2.45, 2.75) is 71.1 Å². The Balaban J connectivity index is 1.59. The van der Waals surface area contributed by atoms with E-state index in [9.17, 15) is 9.59 Å². The minimum Gasteiger partial charge on any atom is -0.460 e. The van der Waals surface area contributed by atoms with Crippen LogP contribution in [0.15, 0.2) is 4.52 Å². The van der Waals surface area contributed by atoms with Crippen LogP contribution in [0.5, 0.6) is 0 Å². The predicted molar refractivity (Wildman–Crippen MR) is 96.6 cm³/mol. The summed E-state index contributed by atoms with van der Waals surface area (Å²) in [7, 11) is 0. The molecule has 2 heterocycles.